The van der Waals surface area contributed by atoms with Gasteiger partial charge in [0.25, 0.3) is 5.91 Å². The lowest BCUT2D eigenvalue weighted by Crippen LogP contribution is -2.49. The summed E-state index contributed by atoms with van der Waals surface area (Å²) in [5.41, 5.74) is 5.68. The van der Waals surface area contributed by atoms with Crippen molar-refractivity contribution in [1.82, 2.24) is 14.3 Å². The van der Waals surface area contributed by atoms with Crippen LogP contribution in [0.15, 0.2) is 42.6 Å². The molecule has 3 heterocycles. The van der Waals surface area contributed by atoms with Crippen LogP contribution in [0.5, 0.6) is 0 Å². The highest BCUT2D eigenvalue weighted by Crippen LogP contribution is 2.46. The number of aryl methyl sites for hydroxylation is 2. The second-order valence-electron chi connectivity index (χ2n) is 8.30. The number of hydrogen-bond donors (Lipinski definition) is 1. The Morgan fingerprint density at radius 3 is 2.71 bits per heavy atom. The number of amides is 1. The first-order chi connectivity index (χ1) is 13.5. The minimum absolute atomic E-state index is 0.0319. The third kappa shape index (κ3) is 2.42. The molecule has 0 saturated carbocycles. The van der Waals surface area contributed by atoms with Gasteiger partial charge in [-0.3, -0.25) is 9.20 Å². The van der Waals surface area contributed by atoms with E-state index in [1.165, 1.54) is 11.1 Å². The van der Waals surface area contributed by atoms with Crippen molar-refractivity contribution in [3.05, 3.63) is 70.7 Å². The Labute approximate surface area is 164 Å². The Morgan fingerprint density at radius 2 is 1.93 bits per heavy atom. The lowest BCUT2D eigenvalue weighted by atomic mass is 9.72. The van der Waals surface area contributed by atoms with Crippen molar-refractivity contribution in [2.24, 2.45) is 0 Å². The van der Waals surface area contributed by atoms with Crippen LogP contribution in [0.25, 0.3) is 5.65 Å². The van der Waals surface area contributed by atoms with E-state index in [1.807, 2.05) is 47.5 Å². The molecule has 1 aliphatic carbocycles. The Morgan fingerprint density at radius 1 is 1.18 bits per heavy atom. The maximum atomic E-state index is 13.3. The van der Waals surface area contributed by atoms with E-state index in [-0.39, 0.29) is 17.4 Å². The van der Waals surface area contributed by atoms with Gasteiger partial charge in [-0.1, -0.05) is 24.3 Å². The summed E-state index contributed by atoms with van der Waals surface area (Å²) in [7, 11) is 0. The normalized spacial score (nSPS) is 20.7. The minimum atomic E-state index is -0.359. The van der Waals surface area contributed by atoms with Gasteiger partial charge in [0.2, 0.25) is 0 Å². The monoisotopic (exact) mass is 375 g/mol. The first-order valence-electron chi connectivity index (χ1n) is 10.0. The molecule has 1 saturated heterocycles. The Hall–Kier alpha value is -2.66. The summed E-state index contributed by atoms with van der Waals surface area (Å²) in [6, 6.07) is 12.4. The zero-order valence-corrected chi connectivity index (χ0v) is 16.4. The summed E-state index contributed by atoms with van der Waals surface area (Å²) in [6.07, 6.45) is 3.89. The van der Waals surface area contributed by atoms with Crippen molar-refractivity contribution >= 4 is 11.6 Å². The lowest BCUT2D eigenvalue weighted by Gasteiger charge is -2.42. The van der Waals surface area contributed by atoms with Gasteiger partial charge in [0, 0.05) is 24.7 Å². The molecule has 1 unspecified atom stereocenters. The second kappa shape index (κ2) is 6.17. The van der Waals surface area contributed by atoms with E-state index in [2.05, 4.69) is 23.2 Å². The highest BCUT2D eigenvalue weighted by molar-refractivity contribution is 5.94. The maximum Gasteiger partial charge on any atom is 0.272 e. The first kappa shape index (κ1) is 17.4. The van der Waals surface area contributed by atoms with Crippen molar-refractivity contribution in [2.75, 3.05) is 13.1 Å². The molecule has 5 rings (SSSR count). The van der Waals surface area contributed by atoms with Crippen molar-refractivity contribution in [2.45, 2.75) is 44.6 Å². The summed E-state index contributed by atoms with van der Waals surface area (Å²) in [5.74, 6) is 0.0319. The molecule has 5 heteroatoms. The van der Waals surface area contributed by atoms with Crippen molar-refractivity contribution in [1.29, 1.82) is 0 Å². The summed E-state index contributed by atoms with van der Waals surface area (Å²) in [5, 5.41) is 10.8. The van der Waals surface area contributed by atoms with E-state index in [9.17, 15) is 9.90 Å². The molecule has 1 spiro atoms. The van der Waals surface area contributed by atoms with Crippen LogP contribution in [0.1, 0.15) is 45.7 Å². The molecule has 1 amide bonds. The van der Waals surface area contributed by atoms with Gasteiger partial charge in [0.1, 0.15) is 11.3 Å². The Kier molecular flexibility index (Phi) is 3.85. The maximum absolute atomic E-state index is 13.3. The highest BCUT2D eigenvalue weighted by Gasteiger charge is 2.48. The number of hydrogen-bond acceptors (Lipinski definition) is 3. The largest absolute Gasteiger partial charge is 0.392 e. The van der Waals surface area contributed by atoms with E-state index in [4.69, 9.17) is 0 Å². The van der Waals surface area contributed by atoms with Crippen LogP contribution in [0.2, 0.25) is 0 Å². The van der Waals surface area contributed by atoms with E-state index in [1.54, 1.807) is 0 Å². The summed E-state index contributed by atoms with van der Waals surface area (Å²) < 4.78 is 1.90. The smallest absolute Gasteiger partial charge is 0.272 e. The van der Waals surface area contributed by atoms with Crippen LogP contribution in [-0.2, 0) is 11.8 Å². The first-order valence-corrected chi connectivity index (χ1v) is 10.0. The van der Waals surface area contributed by atoms with Crippen LogP contribution in [0.4, 0.5) is 0 Å². The molecule has 144 valence electrons. The number of fused-ring (bicyclic) bond motifs is 3. The number of aliphatic hydroxyl groups excluding tert-OH is 1. The fourth-order valence-electron chi connectivity index (χ4n) is 5.15. The van der Waals surface area contributed by atoms with Gasteiger partial charge in [0.05, 0.1) is 11.8 Å². The van der Waals surface area contributed by atoms with Crippen molar-refractivity contribution in [3.8, 4) is 0 Å². The molecule has 1 aromatic carbocycles. The average molecular weight is 375 g/mol. The molecule has 3 aromatic rings. The van der Waals surface area contributed by atoms with Gasteiger partial charge in [-0.2, -0.15) is 0 Å². The number of piperidine rings is 1. The number of carbonyl (C=O) groups is 1. The molecule has 28 heavy (non-hydrogen) atoms. The predicted octanol–water partition coefficient (Wildman–Crippen LogP) is 3.04. The van der Waals surface area contributed by atoms with Gasteiger partial charge in [-0.25, -0.2) is 4.98 Å². The number of nitrogens with zero attached hydrogens (tertiary/aromatic N) is 3. The molecule has 1 N–H and O–H groups in total. The van der Waals surface area contributed by atoms with Gasteiger partial charge in [0.15, 0.2) is 0 Å². The topological polar surface area (TPSA) is 57.8 Å². The molecular formula is C23H25N3O2. The molecule has 2 aromatic heterocycles. The van der Waals surface area contributed by atoms with E-state index >= 15 is 0 Å². The fraction of sp³-hybridized carbons (Fsp3) is 0.391. The van der Waals surface area contributed by atoms with Crippen LogP contribution in [0.3, 0.4) is 0 Å². The number of likely N-dealkylation sites (tertiary alicyclic amines) is 1. The second-order valence-corrected chi connectivity index (χ2v) is 8.30. The summed E-state index contributed by atoms with van der Waals surface area (Å²) >= 11 is 0. The third-order valence-corrected chi connectivity index (χ3v) is 6.71. The number of benzene rings is 1. The molecule has 5 nitrogen and oxygen atoms in total. The fourth-order valence-corrected chi connectivity index (χ4v) is 5.15. The Balaban J connectivity index is 1.42. The van der Waals surface area contributed by atoms with Crippen LogP contribution in [0, 0.1) is 13.8 Å². The van der Waals surface area contributed by atoms with Crippen LogP contribution in [-0.4, -0.2) is 44.5 Å². The van der Waals surface area contributed by atoms with E-state index in [0.717, 1.165) is 36.2 Å². The SMILES string of the molecule is Cc1ccn2c(C(=O)N3CCC4(CC3)c3ccccc3CC4O)c(C)nc2c1. The predicted molar refractivity (Wildman–Crippen MR) is 108 cm³/mol. The molecule has 0 bridgehead atoms. The number of carbonyl (C=O) groups excluding carboxylic acids is 1. The van der Waals surface area contributed by atoms with E-state index < -0.39 is 0 Å². The molecule has 1 fully saturated rings. The molecule has 2 aliphatic rings. The van der Waals surface area contributed by atoms with Gasteiger partial charge in [-0.05, 0) is 61.9 Å². The summed E-state index contributed by atoms with van der Waals surface area (Å²) in [4.78, 5) is 19.8. The van der Waals surface area contributed by atoms with Gasteiger partial charge < -0.3 is 10.0 Å². The van der Waals surface area contributed by atoms with Crippen molar-refractivity contribution < 1.29 is 9.90 Å². The van der Waals surface area contributed by atoms with Gasteiger partial charge in [-0.15, -0.1) is 0 Å². The average Bonchev–Trinajstić information content (AvgIpc) is 3.15. The zero-order chi connectivity index (χ0) is 19.5. The summed E-state index contributed by atoms with van der Waals surface area (Å²) in [6.45, 7) is 5.24. The number of rotatable bonds is 1. The number of aromatic nitrogens is 2. The van der Waals surface area contributed by atoms with E-state index in [0.29, 0.717) is 18.8 Å². The quantitative estimate of drug-likeness (QED) is 0.711. The molecule has 1 atom stereocenters. The van der Waals surface area contributed by atoms with Crippen LogP contribution >= 0.6 is 0 Å². The number of pyridine rings is 1. The zero-order valence-electron chi connectivity index (χ0n) is 16.4. The molecular weight excluding hydrogens is 350 g/mol. The third-order valence-electron chi connectivity index (χ3n) is 6.71. The molecule has 0 radical (unpaired) electrons. The van der Waals surface area contributed by atoms with Gasteiger partial charge >= 0.3 is 0 Å². The number of imidazole rings is 1. The minimum Gasteiger partial charge on any atom is -0.392 e. The van der Waals surface area contributed by atoms with Crippen LogP contribution < -0.4 is 0 Å². The molecule has 1 aliphatic heterocycles. The lowest BCUT2D eigenvalue weighted by molar-refractivity contribution is 0.0361. The standard InChI is InChI=1S/C23H25N3O2/c1-15-7-10-26-20(13-15)24-16(2)21(26)22(28)25-11-8-23(9-12-25)18-6-4-3-5-17(18)14-19(23)27/h3-7,10,13,19,27H,8-9,11-12,14H2,1-2H3. The Bertz CT molecular complexity index is 1080. The number of aliphatic hydroxyl groups is 1. The van der Waals surface area contributed by atoms with Crippen molar-refractivity contribution in [3.63, 3.8) is 0 Å². The highest BCUT2D eigenvalue weighted by atomic mass is 16.3.